The molecule has 1 saturated heterocycles. The van der Waals surface area contributed by atoms with E-state index in [1.165, 1.54) is 18.0 Å². The SMILES string of the molecule is C[C@@H]1CCCN(Cc2nc3c(c(=O)n(C)c(=O)n3C)n2Cc2ccc(Cl)c(Cl)c2)C1. The van der Waals surface area contributed by atoms with E-state index in [9.17, 15) is 9.59 Å². The van der Waals surface area contributed by atoms with Crippen LogP contribution in [0.2, 0.25) is 10.0 Å². The van der Waals surface area contributed by atoms with Gasteiger partial charge in [-0.15, -0.1) is 0 Å². The summed E-state index contributed by atoms with van der Waals surface area (Å²) in [6, 6.07) is 5.44. The van der Waals surface area contributed by atoms with Crippen molar-refractivity contribution in [1.82, 2.24) is 23.6 Å². The highest BCUT2D eigenvalue weighted by Crippen LogP contribution is 2.25. The Bertz CT molecular complexity index is 1230. The van der Waals surface area contributed by atoms with Gasteiger partial charge in [-0.3, -0.25) is 18.8 Å². The summed E-state index contributed by atoms with van der Waals surface area (Å²) in [6.45, 7) is 5.28. The minimum atomic E-state index is -0.384. The molecule has 3 aromatic rings. The quantitative estimate of drug-likeness (QED) is 0.613. The molecule has 4 rings (SSSR count). The van der Waals surface area contributed by atoms with Gasteiger partial charge in [-0.1, -0.05) is 36.2 Å². The van der Waals surface area contributed by atoms with Gasteiger partial charge in [0.1, 0.15) is 5.82 Å². The third kappa shape index (κ3) is 3.82. The van der Waals surface area contributed by atoms with Gasteiger partial charge < -0.3 is 4.57 Å². The molecule has 0 spiro atoms. The molecule has 9 heteroatoms. The van der Waals surface area contributed by atoms with Crippen LogP contribution in [0, 0.1) is 5.92 Å². The number of piperidine rings is 1. The smallest absolute Gasteiger partial charge is 0.317 e. The van der Waals surface area contributed by atoms with Crippen LogP contribution in [0.4, 0.5) is 0 Å². The molecule has 0 aliphatic carbocycles. The fourth-order valence-electron chi connectivity index (χ4n) is 4.23. The van der Waals surface area contributed by atoms with Crippen molar-refractivity contribution in [2.45, 2.75) is 32.9 Å². The third-order valence-corrected chi connectivity index (χ3v) is 6.60. The molecule has 0 saturated carbocycles. The van der Waals surface area contributed by atoms with Gasteiger partial charge in [-0.25, -0.2) is 9.78 Å². The lowest BCUT2D eigenvalue weighted by molar-refractivity contribution is 0.171. The second-order valence-electron chi connectivity index (χ2n) is 8.22. The molecule has 0 unspecified atom stereocenters. The van der Waals surface area contributed by atoms with E-state index in [1.807, 2.05) is 10.6 Å². The van der Waals surface area contributed by atoms with Crippen LogP contribution < -0.4 is 11.2 Å². The molecule has 1 atom stereocenters. The molecule has 1 aromatic carbocycles. The van der Waals surface area contributed by atoms with Crippen LogP contribution in [0.25, 0.3) is 11.2 Å². The van der Waals surface area contributed by atoms with Crippen LogP contribution in [0.5, 0.6) is 0 Å². The summed E-state index contributed by atoms with van der Waals surface area (Å²) in [6.07, 6.45) is 2.37. The molecule has 0 N–H and O–H groups in total. The van der Waals surface area contributed by atoms with Crippen molar-refractivity contribution in [3.63, 3.8) is 0 Å². The lowest BCUT2D eigenvalue weighted by atomic mass is 10.0. The number of benzene rings is 1. The highest BCUT2D eigenvalue weighted by Gasteiger charge is 2.23. The van der Waals surface area contributed by atoms with E-state index in [4.69, 9.17) is 28.2 Å². The lowest BCUT2D eigenvalue weighted by Gasteiger charge is -2.30. The zero-order valence-corrected chi connectivity index (χ0v) is 18.9. The largest absolute Gasteiger partial charge is 0.332 e. The molecule has 7 nitrogen and oxygen atoms in total. The van der Waals surface area contributed by atoms with Crippen molar-refractivity contribution < 1.29 is 0 Å². The molecule has 0 amide bonds. The van der Waals surface area contributed by atoms with Crippen molar-refractivity contribution in [2.75, 3.05) is 13.1 Å². The molecule has 0 radical (unpaired) electrons. The number of hydrogen-bond donors (Lipinski definition) is 0. The number of hydrogen-bond acceptors (Lipinski definition) is 4. The van der Waals surface area contributed by atoms with Crippen LogP contribution in [0.15, 0.2) is 27.8 Å². The van der Waals surface area contributed by atoms with Crippen molar-refractivity contribution in [2.24, 2.45) is 20.0 Å². The lowest BCUT2D eigenvalue weighted by Crippen LogP contribution is -2.37. The molecular weight excluding hydrogens is 425 g/mol. The first-order valence-corrected chi connectivity index (χ1v) is 10.8. The summed E-state index contributed by atoms with van der Waals surface area (Å²) >= 11 is 12.3. The van der Waals surface area contributed by atoms with E-state index < -0.39 is 0 Å². The molecule has 3 heterocycles. The third-order valence-electron chi connectivity index (χ3n) is 5.86. The zero-order chi connectivity index (χ0) is 21.6. The Morgan fingerprint density at radius 2 is 1.87 bits per heavy atom. The first-order valence-electron chi connectivity index (χ1n) is 10.1. The molecule has 2 aromatic heterocycles. The van der Waals surface area contributed by atoms with E-state index in [-0.39, 0.29) is 11.2 Å². The van der Waals surface area contributed by atoms with E-state index in [1.54, 1.807) is 19.2 Å². The van der Waals surface area contributed by atoms with E-state index in [0.29, 0.717) is 40.2 Å². The first kappa shape index (κ1) is 21.2. The summed E-state index contributed by atoms with van der Waals surface area (Å²) in [4.78, 5) is 32.6. The van der Waals surface area contributed by atoms with Crippen LogP contribution >= 0.6 is 23.2 Å². The Hall–Kier alpha value is -2.09. The first-order chi connectivity index (χ1) is 14.3. The predicted molar refractivity (Wildman–Crippen MR) is 119 cm³/mol. The fourth-order valence-corrected chi connectivity index (χ4v) is 4.55. The van der Waals surface area contributed by atoms with E-state index in [2.05, 4.69) is 11.8 Å². The number of halogens is 2. The van der Waals surface area contributed by atoms with Crippen LogP contribution in [-0.2, 0) is 27.2 Å². The second-order valence-corrected chi connectivity index (χ2v) is 9.04. The van der Waals surface area contributed by atoms with Gasteiger partial charge in [0, 0.05) is 27.2 Å². The summed E-state index contributed by atoms with van der Waals surface area (Å²) in [7, 11) is 3.14. The number of nitrogens with zero attached hydrogens (tertiary/aromatic N) is 5. The molecule has 0 bridgehead atoms. The molecule has 1 aliphatic heterocycles. The summed E-state index contributed by atoms with van der Waals surface area (Å²) in [5.74, 6) is 1.40. The number of aromatic nitrogens is 4. The molecule has 1 fully saturated rings. The Labute approximate surface area is 184 Å². The van der Waals surface area contributed by atoms with Gasteiger partial charge in [0.2, 0.25) is 0 Å². The van der Waals surface area contributed by atoms with Crippen LogP contribution in [0.3, 0.4) is 0 Å². The van der Waals surface area contributed by atoms with E-state index in [0.717, 1.165) is 35.5 Å². The maximum absolute atomic E-state index is 13.0. The monoisotopic (exact) mass is 449 g/mol. The maximum Gasteiger partial charge on any atom is 0.332 e. The van der Waals surface area contributed by atoms with Gasteiger partial charge in [0.25, 0.3) is 5.56 Å². The molecule has 1 aliphatic rings. The molecular formula is C21H25Cl2N5O2. The minimum Gasteiger partial charge on any atom is -0.317 e. The minimum absolute atomic E-state index is 0.348. The Balaban J connectivity index is 1.86. The maximum atomic E-state index is 13.0. The topological polar surface area (TPSA) is 65.1 Å². The number of likely N-dealkylation sites (tertiary alicyclic amines) is 1. The van der Waals surface area contributed by atoms with Crippen LogP contribution in [-0.4, -0.2) is 36.7 Å². The second kappa shape index (κ2) is 8.21. The van der Waals surface area contributed by atoms with Gasteiger partial charge in [0.05, 0.1) is 16.6 Å². The summed E-state index contributed by atoms with van der Waals surface area (Å²) in [5.41, 5.74) is 1.01. The normalized spacial score (nSPS) is 17.7. The van der Waals surface area contributed by atoms with Gasteiger partial charge in [-0.2, -0.15) is 0 Å². The standard InChI is InChI=1S/C21H25Cl2N5O2/c1-13-5-4-8-27(10-13)12-17-24-19-18(20(29)26(3)21(30)25(19)2)28(17)11-14-6-7-15(22)16(23)9-14/h6-7,9,13H,4-5,8,10-12H2,1-3H3/t13-/m1/s1. The predicted octanol–water partition coefficient (Wildman–Crippen LogP) is 3.02. The van der Waals surface area contributed by atoms with Crippen molar-refractivity contribution in [3.05, 3.63) is 60.5 Å². The summed E-state index contributed by atoms with van der Waals surface area (Å²) < 4.78 is 4.47. The Kier molecular flexibility index (Phi) is 5.79. The van der Waals surface area contributed by atoms with Gasteiger partial charge >= 0.3 is 5.69 Å². The van der Waals surface area contributed by atoms with Crippen molar-refractivity contribution >= 4 is 34.4 Å². The summed E-state index contributed by atoms with van der Waals surface area (Å²) in [5, 5.41) is 0.946. The Morgan fingerprint density at radius 1 is 1.10 bits per heavy atom. The number of fused-ring (bicyclic) bond motifs is 1. The number of rotatable bonds is 4. The number of aryl methyl sites for hydroxylation is 1. The van der Waals surface area contributed by atoms with E-state index >= 15 is 0 Å². The fraction of sp³-hybridized carbons (Fsp3) is 0.476. The van der Waals surface area contributed by atoms with Crippen molar-refractivity contribution in [3.8, 4) is 0 Å². The number of imidazole rings is 1. The van der Waals surface area contributed by atoms with Gasteiger partial charge in [0.15, 0.2) is 11.2 Å². The van der Waals surface area contributed by atoms with Gasteiger partial charge in [-0.05, 0) is 43.0 Å². The Morgan fingerprint density at radius 3 is 2.57 bits per heavy atom. The molecule has 160 valence electrons. The molecule has 30 heavy (non-hydrogen) atoms. The van der Waals surface area contributed by atoms with Crippen molar-refractivity contribution in [1.29, 1.82) is 0 Å². The average Bonchev–Trinajstić information content (AvgIpc) is 3.05. The highest BCUT2D eigenvalue weighted by atomic mass is 35.5. The average molecular weight is 450 g/mol. The highest BCUT2D eigenvalue weighted by molar-refractivity contribution is 6.42. The zero-order valence-electron chi connectivity index (χ0n) is 17.4. The van der Waals surface area contributed by atoms with Crippen LogP contribution in [0.1, 0.15) is 31.2 Å².